The quantitative estimate of drug-likeness (QED) is 0.673. The largest absolute Gasteiger partial charge is 0.465 e. The van der Waals surface area contributed by atoms with Crippen molar-refractivity contribution in [2.45, 2.75) is 32.2 Å². The van der Waals surface area contributed by atoms with Crippen LogP contribution < -0.4 is 5.73 Å². The molecule has 1 amide bonds. The highest BCUT2D eigenvalue weighted by atomic mass is 16.4. The molecule has 0 spiro atoms. The number of amides is 1. The highest BCUT2D eigenvalue weighted by molar-refractivity contribution is 5.68. The zero-order valence-electron chi connectivity index (χ0n) is 12.4. The smallest absolute Gasteiger partial charge is 0.408 e. The van der Waals surface area contributed by atoms with Gasteiger partial charge in [-0.25, -0.2) is 4.79 Å². The molecule has 21 heavy (non-hydrogen) atoms. The molecule has 0 aromatic heterocycles. The first-order valence-corrected chi connectivity index (χ1v) is 6.96. The Morgan fingerprint density at radius 3 is 3.00 bits per heavy atom. The third kappa shape index (κ3) is 3.38. The molecule has 4 nitrogen and oxygen atoms in total. The summed E-state index contributed by atoms with van der Waals surface area (Å²) >= 11 is 0. The summed E-state index contributed by atoms with van der Waals surface area (Å²) in [4.78, 5) is 12.6. The van der Waals surface area contributed by atoms with E-state index in [9.17, 15) is 9.90 Å². The van der Waals surface area contributed by atoms with Gasteiger partial charge in [0.05, 0.1) is 5.54 Å². The maximum Gasteiger partial charge on any atom is 0.408 e. The Morgan fingerprint density at radius 1 is 1.57 bits per heavy atom. The first-order valence-electron chi connectivity index (χ1n) is 6.96. The van der Waals surface area contributed by atoms with Gasteiger partial charge in [0, 0.05) is 25.7 Å². The zero-order valence-corrected chi connectivity index (χ0v) is 12.4. The van der Waals surface area contributed by atoms with Gasteiger partial charge < -0.3 is 10.8 Å². The minimum Gasteiger partial charge on any atom is -0.465 e. The van der Waals surface area contributed by atoms with Crippen LogP contribution >= 0.6 is 0 Å². The van der Waals surface area contributed by atoms with Gasteiger partial charge in [-0.2, -0.15) is 0 Å². The van der Waals surface area contributed by atoms with E-state index in [0.717, 1.165) is 23.3 Å². The summed E-state index contributed by atoms with van der Waals surface area (Å²) in [6, 6.07) is 0. The van der Waals surface area contributed by atoms with Crippen molar-refractivity contribution >= 4 is 6.09 Å². The normalized spacial score (nSPS) is 22.2. The Balaban J connectivity index is 0.00000242. The van der Waals surface area contributed by atoms with Crippen LogP contribution in [0, 0.1) is 11.8 Å². The summed E-state index contributed by atoms with van der Waals surface area (Å²) in [5.74, 6) is 6.12. The van der Waals surface area contributed by atoms with Gasteiger partial charge in [0.2, 0.25) is 0 Å². The van der Waals surface area contributed by atoms with Crippen LogP contribution in [0.25, 0.3) is 0 Å². The van der Waals surface area contributed by atoms with Gasteiger partial charge >= 0.3 is 6.09 Å². The van der Waals surface area contributed by atoms with E-state index in [-0.39, 0.29) is 1.43 Å². The lowest BCUT2D eigenvalue weighted by Gasteiger charge is -2.29. The van der Waals surface area contributed by atoms with Crippen LogP contribution in [-0.2, 0) is 0 Å². The maximum absolute atomic E-state index is 11.2. The summed E-state index contributed by atoms with van der Waals surface area (Å²) in [7, 11) is 0. The molecule has 1 aliphatic carbocycles. The number of carboxylic acid groups (broad SMARTS) is 1. The second-order valence-electron chi connectivity index (χ2n) is 5.65. The van der Waals surface area contributed by atoms with Crippen molar-refractivity contribution in [2.75, 3.05) is 6.54 Å². The van der Waals surface area contributed by atoms with Crippen molar-refractivity contribution in [1.29, 1.82) is 0 Å². The minimum absolute atomic E-state index is 0. The topological polar surface area (TPSA) is 66.6 Å². The van der Waals surface area contributed by atoms with E-state index in [1.165, 1.54) is 4.90 Å². The van der Waals surface area contributed by atoms with Gasteiger partial charge in [0.1, 0.15) is 0 Å². The van der Waals surface area contributed by atoms with Crippen LogP contribution in [-0.4, -0.2) is 28.2 Å². The van der Waals surface area contributed by atoms with Gasteiger partial charge in [0.15, 0.2) is 0 Å². The van der Waals surface area contributed by atoms with Gasteiger partial charge in [0.25, 0.3) is 0 Å². The van der Waals surface area contributed by atoms with E-state index < -0.39 is 11.6 Å². The Labute approximate surface area is 126 Å². The number of hydrogen-bond acceptors (Lipinski definition) is 2. The summed E-state index contributed by atoms with van der Waals surface area (Å²) in [5.41, 5.74) is 8.05. The molecule has 0 atom stereocenters. The fourth-order valence-electron chi connectivity index (χ4n) is 2.51. The highest BCUT2D eigenvalue weighted by Gasteiger charge is 2.39. The number of hydrogen-bond donors (Lipinski definition) is 2. The molecule has 0 aromatic carbocycles. The summed E-state index contributed by atoms with van der Waals surface area (Å²) < 4.78 is 0. The van der Waals surface area contributed by atoms with Crippen LogP contribution in [0.2, 0.25) is 0 Å². The highest BCUT2D eigenvalue weighted by Crippen LogP contribution is 2.33. The molecular formula is C17H22N2O2. The predicted octanol–water partition coefficient (Wildman–Crippen LogP) is 3.05. The molecule has 0 unspecified atom stereocenters. The fraction of sp³-hybridized carbons (Fsp3) is 0.353. The molecule has 0 radical (unpaired) electrons. The third-order valence-corrected chi connectivity index (χ3v) is 3.90. The molecule has 0 bridgehead atoms. The maximum atomic E-state index is 11.2. The lowest BCUT2D eigenvalue weighted by Crippen LogP contribution is -2.42. The molecule has 1 aliphatic heterocycles. The lowest BCUT2D eigenvalue weighted by molar-refractivity contribution is 0.124. The lowest BCUT2D eigenvalue weighted by atomic mass is 9.95. The number of nitrogens with two attached hydrogens (primary N) is 1. The second-order valence-corrected chi connectivity index (χ2v) is 5.65. The standard InChI is InChI=1S/C17H20N2O2.H2/c1-17(2)14(11-12-19(17)16(20)21)7-3-5-13-6-4-8-15(18)10-9-13;/h4,6-9H,10-12,18H2,1-2H3,(H,20,21);1H/b14-7+;. The monoisotopic (exact) mass is 286 g/mol. The van der Waals surface area contributed by atoms with Crippen molar-refractivity contribution in [3.63, 3.8) is 0 Å². The predicted molar refractivity (Wildman–Crippen MR) is 85.5 cm³/mol. The average Bonchev–Trinajstić information content (AvgIpc) is 2.57. The number of nitrogens with zero attached hydrogens (tertiary/aromatic N) is 1. The van der Waals surface area contributed by atoms with Crippen molar-refractivity contribution in [3.8, 4) is 11.8 Å². The van der Waals surface area contributed by atoms with Crippen molar-refractivity contribution in [1.82, 2.24) is 4.90 Å². The second kappa shape index (κ2) is 5.92. The molecule has 3 N–H and O–H groups in total. The molecule has 4 heteroatoms. The number of carbonyl (C=O) groups is 1. The molecule has 112 valence electrons. The third-order valence-electron chi connectivity index (χ3n) is 3.90. The van der Waals surface area contributed by atoms with Gasteiger partial charge in [-0.1, -0.05) is 24.0 Å². The summed E-state index contributed by atoms with van der Waals surface area (Å²) in [6.07, 6.45) is 10.1. The molecule has 1 saturated heterocycles. The minimum atomic E-state index is -0.882. The van der Waals surface area contributed by atoms with Gasteiger partial charge in [-0.15, -0.1) is 0 Å². The Bertz CT molecular complexity index is 631. The zero-order chi connectivity index (χ0) is 15.5. The van der Waals surface area contributed by atoms with Crippen LogP contribution in [0.3, 0.4) is 0 Å². The van der Waals surface area contributed by atoms with E-state index in [4.69, 9.17) is 5.73 Å². The SMILES string of the molecule is CC1(C)/C(=C/C#CC2=CCC(N)=CC=C2)CCN1C(=O)O.[HH]. The Morgan fingerprint density at radius 2 is 2.33 bits per heavy atom. The van der Waals surface area contributed by atoms with E-state index >= 15 is 0 Å². The van der Waals surface area contributed by atoms with Crippen LogP contribution in [0.1, 0.15) is 28.1 Å². The molecule has 0 saturated carbocycles. The number of allylic oxidation sites excluding steroid dienone is 6. The van der Waals surface area contributed by atoms with E-state index in [1.807, 2.05) is 44.2 Å². The van der Waals surface area contributed by atoms with Gasteiger partial charge in [-0.05, 0) is 44.1 Å². The average molecular weight is 286 g/mol. The first-order chi connectivity index (χ1) is 9.91. The fourth-order valence-corrected chi connectivity index (χ4v) is 2.51. The first kappa shape index (κ1) is 15.0. The molecule has 2 aliphatic rings. The summed E-state index contributed by atoms with van der Waals surface area (Å²) in [6.45, 7) is 4.35. The molecule has 0 aromatic rings. The molecule has 1 fully saturated rings. The van der Waals surface area contributed by atoms with E-state index in [0.29, 0.717) is 13.0 Å². The Hall–Kier alpha value is -2.41. The van der Waals surface area contributed by atoms with Crippen LogP contribution in [0.5, 0.6) is 0 Å². The van der Waals surface area contributed by atoms with E-state index in [2.05, 4.69) is 11.8 Å². The van der Waals surface area contributed by atoms with E-state index in [1.54, 1.807) is 0 Å². The van der Waals surface area contributed by atoms with Gasteiger partial charge in [-0.3, -0.25) is 4.90 Å². The van der Waals surface area contributed by atoms with Crippen LogP contribution in [0.4, 0.5) is 4.79 Å². The molecular weight excluding hydrogens is 264 g/mol. The Kier molecular flexibility index (Phi) is 4.23. The summed E-state index contributed by atoms with van der Waals surface area (Å²) in [5, 5.41) is 9.18. The number of rotatable bonds is 0. The molecule has 2 rings (SSSR count). The van der Waals surface area contributed by atoms with Crippen molar-refractivity contribution in [2.24, 2.45) is 5.73 Å². The van der Waals surface area contributed by atoms with Crippen molar-refractivity contribution < 1.29 is 11.3 Å². The van der Waals surface area contributed by atoms with Crippen molar-refractivity contribution in [3.05, 3.63) is 47.2 Å². The molecule has 1 heterocycles. The van der Waals surface area contributed by atoms with Crippen LogP contribution in [0.15, 0.2) is 47.2 Å². The number of likely N-dealkylation sites (tertiary alicyclic amines) is 1.